The molecule has 2 aromatic heterocycles. The van der Waals surface area contributed by atoms with Crippen LogP contribution in [-0.4, -0.2) is 32.8 Å². The van der Waals surface area contributed by atoms with Crippen molar-refractivity contribution in [2.45, 2.75) is 20.1 Å². The first-order valence-electron chi connectivity index (χ1n) is 9.74. The second-order valence-electron chi connectivity index (χ2n) is 6.92. The van der Waals surface area contributed by atoms with E-state index < -0.39 is 6.09 Å². The molecule has 160 valence electrons. The maximum absolute atomic E-state index is 12.3. The Morgan fingerprint density at radius 2 is 2.03 bits per heavy atom. The molecule has 0 aliphatic rings. The number of fused-ring (bicyclic) bond motifs is 1. The summed E-state index contributed by atoms with van der Waals surface area (Å²) in [6, 6.07) is 12.8. The monoisotopic (exact) mass is 439 g/mol. The van der Waals surface area contributed by atoms with Gasteiger partial charge in [-0.2, -0.15) is 10.2 Å². The Kier molecular flexibility index (Phi) is 5.81. The summed E-state index contributed by atoms with van der Waals surface area (Å²) in [5.41, 5.74) is 3.93. The number of methoxy groups -OCH3 is 1. The highest BCUT2D eigenvalue weighted by Crippen LogP contribution is 2.32. The molecular weight excluding hydrogens is 418 g/mol. The Bertz CT molecular complexity index is 1250. The summed E-state index contributed by atoms with van der Waals surface area (Å²) in [4.78, 5) is 12.3. The number of nitrogens with one attached hydrogen (secondary N) is 1. The van der Waals surface area contributed by atoms with Crippen molar-refractivity contribution in [1.82, 2.24) is 19.6 Å². The number of amides is 1. The zero-order chi connectivity index (χ0) is 22.0. The minimum absolute atomic E-state index is 0.0811. The molecule has 2 heterocycles. The van der Waals surface area contributed by atoms with E-state index in [9.17, 15) is 4.79 Å². The van der Waals surface area contributed by atoms with Crippen LogP contribution in [0.3, 0.4) is 0 Å². The number of carbonyl (C=O) groups excluding carboxylic acids is 1. The van der Waals surface area contributed by atoms with Gasteiger partial charge in [-0.1, -0.05) is 11.6 Å². The lowest BCUT2D eigenvalue weighted by molar-refractivity contribution is 0.151. The molecule has 4 rings (SSSR count). The average molecular weight is 440 g/mol. The molecule has 0 saturated carbocycles. The van der Waals surface area contributed by atoms with E-state index in [1.165, 1.54) is 0 Å². The summed E-state index contributed by atoms with van der Waals surface area (Å²) in [6.45, 7) is 2.69. The zero-order valence-corrected chi connectivity index (χ0v) is 18.2. The predicted octanol–water partition coefficient (Wildman–Crippen LogP) is 4.87. The van der Waals surface area contributed by atoms with Crippen molar-refractivity contribution < 1.29 is 14.3 Å². The van der Waals surface area contributed by atoms with Gasteiger partial charge in [-0.15, -0.1) is 0 Å². The van der Waals surface area contributed by atoms with Gasteiger partial charge in [0.1, 0.15) is 12.4 Å². The first-order chi connectivity index (χ1) is 15.0. The molecule has 0 radical (unpaired) electrons. The van der Waals surface area contributed by atoms with Crippen LogP contribution < -0.4 is 10.1 Å². The lowest BCUT2D eigenvalue weighted by Gasteiger charge is -2.08. The van der Waals surface area contributed by atoms with Crippen LogP contribution in [0.25, 0.3) is 22.2 Å². The van der Waals surface area contributed by atoms with E-state index in [-0.39, 0.29) is 6.61 Å². The number of benzene rings is 2. The largest absolute Gasteiger partial charge is 0.496 e. The van der Waals surface area contributed by atoms with Crippen LogP contribution in [0.1, 0.15) is 12.6 Å². The Labute approximate surface area is 184 Å². The molecule has 0 atom stereocenters. The highest BCUT2D eigenvalue weighted by molar-refractivity contribution is 6.30. The third kappa shape index (κ3) is 4.34. The van der Waals surface area contributed by atoms with Crippen molar-refractivity contribution in [3.8, 4) is 17.0 Å². The quantitative estimate of drug-likeness (QED) is 0.463. The van der Waals surface area contributed by atoms with E-state index in [4.69, 9.17) is 21.1 Å². The third-order valence-corrected chi connectivity index (χ3v) is 5.18. The number of nitrogens with zero attached hydrogens (tertiary/aromatic N) is 4. The van der Waals surface area contributed by atoms with Gasteiger partial charge in [-0.3, -0.25) is 14.7 Å². The van der Waals surface area contributed by atoms with Gasteiger partial charge < -0.3 is 9.47 Å². The van der Waals surface area contributed by atoms with Gasteiger partial charge in [-0.05, 0) is 49.4 Å². The molecular formula is C22H22ClN5O3. The summed E-state index contributed by atoms with van der Waals surface area (Å²) in [5.74, 6) is 0.629. The van der Waals surface area contributed by atoms with E-state index in [1.54, 1.807) is 34.8 Å². The van der Waals surface area contributed by atoms with Crippen molar-refractivity contribution in [3.63, 3.8) is 0 Å². The van der Waals surface area contributed by atoms with Crippen molar-refractivity contribution in [2.75, 3.05) is 12.4 Å². The van der Waals surface area contributed by atoms with Crippen molar-refractivity contribution in [3.05, 3.63) is 59.4 Å². The fourth-order valence-electron chi connectivity index (χ4n) is 3.39. The average Bonchev–Trinajstić information content (AvgIpc) is 3.35. The van der Waals surface area contributed by atoms with Gasteiger partial charge in [-0.25, -0.2) is 4.79 Å². The van der Waals surface area contributed by atoms with Crippen molar-refractivity contribution in [2.24, 2.45) is 7.05 Å². The van der Waals surface area contributed by atoms with Crippen LogP contribution in [-0.2, 0) is 24.9 Å². The summed E-state index contributed by atoms with van der Waals surface area (Å²) in [5, 5.41) is 13.1. The maximum atomic E-state index is 12.3. The number of hydrogen-bond acceptors (Lipinski definition) is 5. The Balaban J connectivity index is 1.47. The summed E-state index contributed by atoms with van der Waals surface area (Å²) in [7, 11) is 3.46. The van der Waals surface area contributed by atoms with Crippen LogP contribution in [0.4, 0.5) is 10.5 Å². The van der Waals surface area contributed by atoms with Crippen LogP contribution in [0.2, 0.25) is 5.02 Å². The van der Waals surface area contributed by atoms with Crippen molar-refractivity contribution >= 4 is 34.3 Å². The minimum Gasteiger partial charge on any atom is -0.496 e. The highest BCUT2D eigenvalue weighted by atomic mass is 35.5. The van der Waals surface area contributed by atoms with Crippen LogP contribution in [0.15, 0.2) is 48.7 Å². The van der Waals surface area contributed by atoms with Crippen LogP contribution in [0.5, 0.6) is 5.75 Å². The Hall–Kier alpha value is -3.52. The van der Waals surface area contributed by atoms with Gasteiger partial charge in [0.25, 0.3) is 0 Å². The second kappa shape index (κ2) is 8.69. The first-order valence-corrected chi connectivity index (χ1v) is 10.1. The molecule has 2 aromatic carbocycles. The molecule has 4 aromatic rings. The predicted molar refractivity (Wildman–Crippen MR) is 119 cm³/mol. The molecule has 0 aliphatic carbocycles. The van der Waals surface area contributed by atoms with E-state index in [0.29, 0.717) is 23.0 Å². The van der Waals surface area contributed by atoms with Crippen LogP contribution in [0, 0.1) is 0 Å². The van der Waals surface area contributed by atoms with E-state index in [2.05, 4.69) is 15.5 Å². The topological polar surface area (TPSA) is 83.2 Å². The van der Waals surface area contributed by atoms with Gasteiger partial charge in [0, 0.05) is 35.3 Å². The zero-order valence-electron chi connectivity index (χ0n) is 17.4. The SMILES string of the molecule is CCn1nc(-c2ccc(Cl)cc2OC)cc1COC(=O)Nc1ccc2c(cnn2C)c1. The molecule has 1 N–H and O–H groups in total. The van der Waals surface area contributed by atoms with Gasteiger partial charge in [0.05, 0.1) is 30.2 Å². The maximum Gasteiger partial charge on any atom is 0.412 e. The summed E-state index contributed by atoms with van der Waals surface area (Å²) < 4.78 is 14.4. The Morgan fingerprint density at radius 1 is 1.19 bits per heavy atom. The number of aromatic nitrogens is 4. The minimum atomic E-state index is -0.544. The molecule has 0 spiro atoms. The van der Waals surface area contributed by atoms with Gasteiger partial charge in [0.15, 0.2) is 0 Å². The number of hydrogen-bond donors (Lipinski definition) is 1. The number of rotatable bonds is 6. The number of carbonyl (C=O) groups is 1. The lowest BCUT2D eigenvalue weighted by atomic mass is 10.1. The summed E-state index contributed by atoms with van der Waals surface area (Å²) >= 11 is 6.06. The molecule has 31 heavy (non-hydrogen) atoms. The molecule has 0 saturated heterocycles. The Morgan fingerprint density at radius 3 is 2.81 bits per heavy atom. The summed E-state index contributed by atoms with van der Waals surface area (Å²) in [6.07, 6.45) is 1.20. The van der Waals surface area contributed by atoms with Gasteiger partial charge >= 0.3 is 6.09 Å². The lowest BCUT2D eigenvalue weighted by Crippen LogP contribution is -2.15. The van der Waals surface area contributed by atoms with Gasteiger partial charge in [0.2, 0.25) is 0 Å². The number of halogens is 1. The molecule has 0 unspecified atom stereocenters. The van der Waals surface area contributed by atoms with Crippen LogP contribution >= 0.6 is 11.6 Å². The number of aryl methyl sites for hydroxylation is 2. The molecule has 0 aliphatic heterocycles. The second-order valence-corrected chi connectivity index (χ2v) is 7.36. The standard InChI is InChI=1S/C22H22ClN5O3/c1-4-28-17(11-19(26-28)18-7-5-15(23)10-21(18)30-3)13-31-22(29)25-16-6-8-20-14(9-16)12-24-27(20)2/h5-12H,4,13H2,1-3H3,(H,25,29). The van der Waals surface area contributed by atoms with E-state index in [0.717, 1.165) is 27.9 Å². The van der Waals surface area contributed by atoms with E-state index >= 15 is 0 Å². The fraction of sp³-hybridized carbons (Fsp3) is 0.227. The molecule has 8 nitrogen and oxygen atoms in total. The first kappa shape index (κ1) is 20.7. The van der Waals surface area contributed by atoms with Crippen molar-refractivity contribution in [1.29, 1.82) is 0 Å². The third-order valence-electron chi connectivity index (χ3n) is 4.95. The molecule has 9 heteroatoms. The smallest absolute Gasteiger partial charge is 0.412 e. The highest BCUT2D eigenvalue weighted by Gasteiger charge is 2.15. The fourth-order valence-corrected chi connectivity index (χ4v) is 3.55. The normalized spacial score (nSPS) is 11.0. The number of anilines is 1. The molecule has 1 amide bonds. The van der Waals surface area contributed by atoms with E-state index in [1.807, 2.05) is 44.3 Å². The molecule has 0 fully saturated rings. The number of ether oxygens (including phenoxy) is 2. The molecule has 0 bridgehead atoms.